The summed E-state index contributed by atoms with van der Waals surface area (Å²) < 4.78 is 19.2. The van der Waals surface area contributed by atoms with Gasteiger partial charge < -0.3 is 4.74 Å². The van der Waals surface area contributed by atoms with Crippen molar-refractivity contribution in [1.29, 1.82) is 0 Å². The fourth-order valence-corrected chi connectivity index (χ4v) is 2.30. The Morgan fingerprint density at radius 2 is 2.35 bits per heavy atom. The van der Waals surface area contributed by atoms with Crippen LogP contribution in [0.25, 0.3) is 0 Å². The van der Waals surface area contributed by atoms with Crippen LogP contribution >= 0.6 is 23.4 Å². The number of carbonyl (C=O) groups is 1. The third kappa shape index (κ3) is 3.67. The van der Waals surface area contributed by atoms with E-state index in [4.69, 9.17) is 11.6 Å². The number of benzene rings is 1. The van der Waals surface area contributed by atoms with E-state index in [1.807, 2.05) is 0 Å². The van der Waals surface area contributed by atoms with Gasteiger partial charge in [-0.1, -0.05) is 29.4 Å². The Morgan fingerprint density at radius 3 is 3.05 bits per heavy atom. The van der Waals surface area contributed by atoms with Crippen LogP contribution in [0.3, 0.4) is 0 Å². The van der Waals surface area contributed by atoms with Crippen molar-refractivity contribution in [2.24, 2.45) is 0 Å². The largest absolute Gasteiger partial charge is 0.468 e. The number of rotatable bonds is 5. The monoisotopic (exact) mass is 316 g/mol. The number of esters is 1. The topological polar surface area (TPSA) is 69.9 Å². The van der Waals surface area contributed by atoms with Crippen molar-refractivity contribution < 1.29 is 13.9 Å². The van der Waals surface area contributed by atoms with Crippen LogP contribution in [0.4, 0.5) is 4.39 Å². The summed E-state index contributed by atoms with van der Waals surface area (Å²) in [6.07, 6.45) is 0. The van der Waals surface area contributed by atoms with Gasteiger partial charge in [-0.25, -0.2) is 9.07 Å². The van der Waals surface area contributed by atoms with E-state index in [2.05, 4.69) is 20.3 Å². The molecule has 0 aliphatic carbocycles. The lowest BCUT2D eigenvalue weighted by atomic mass is 10.2. The number of hydrogen-bond donors (Lipinski definition) is 0. The smallest absolute Gasteiger partial charge is 0.327 e. The van der Waals surface area contributed by atoms with E-state index >= 15 is 0 Å². The van der Waals surface area contributed by atoms with Gasteiger partial charge in [0.05, 0.1) is 12.1 Å². The highest BCUT2D eigenvalue weighted by Crippen LogP contribution is 2.22. The third-order valence-electron chi connectivity index (χ3n) is 2.36. The van der Waals surface area contributed by atoms with E-state index in [-0.39, 0.29) is 11.6 Å². The van der Waals surface area contributed by atoms with E-state index in [1.165, 1.54) is 35.7 Å². The van der Waals surface area contributed by atoms with Gasteiger partial charge in [0.25, 0.3) is 0 Å². The van der Waals surface area contributed by atoms with E-state index in [0.717, 1.165) is 5.56 Å². The maximum Gasteiger partial charge on any atom is 0.327 e. The molecule has 0 spiro atoms. The van der Waals surface area contributed by atoms with E-state index in [1.54, 1.807) is 6.07 Å². The van der Waals surface area contributed by atoms with Crippen molar-refractivity contribution in [3.05, 3.63) is 34.6 Å². The molecule has 2 rings (SSSR count). The van der Waals surface area contributed by atoms with Crippen molar-refractivity contribution in [3.8, 4) is 0 Å². The summed E-state index contributed by atoms with van der Waals surface area (Å²) in [6.45, 7) is -0.0686. The van der Waals surface area contributed by atoms with Crippen LogP contribution in [0.1, 0.15) is 5.56 Å². The molecule has 0 bridgehead atoms. The van der Waals surface area contributed by atoms with Crippen molar-refractivity contribution in [2.75, 3.05) is 7.11 Å². The summed E-state index contributed by atoms with van der Waals surface area (Å²) >= 11 is 6.89. The van der Waals surface area contributed by atoms with Crippen LogP contribution in [0.15, 0.2) is 23.4 Å². The first-order chi connectivity index (χ1) is 9.60. The van der Waals surface area contributed by atoms with E-state index in [0.29, 0.717) is 10.9 Å². The molecule has 0 atom stereocenters. The Kier molecular flexibility index (Phi) is 4.91. The summed E-state index contributed by atoms with van der Waals surface area (Å²) in [6, 6.07) is 4.56. The van der Waals surface area contributed by atoms with Gasteiger partial charge in [0.15, 0.2) is 0 Å². The highest BCUT2D eigenvalue weighted by atomic mass is 35.5. The zero-order valence-corrected chi connectivity index (χ0v) is 12.0. The van der Waals surface area contributed by atoms with Crippen LogP contribution in [-0.2, 0) is 21.8 Å². The Labute approximate surface area is 123 Å². The predicted octanol–water partition coefficient (Wildman–Crippen LogP) is 1.93. The summed E-state index contributed by atoms with van der Waals surface area (Å²) in [5.41, 5.74) is 0.740. The molecule has 0 saturated heterocycles. The molecule has 1 heterocycles. The maximum absolute atomic E-state index is 13.3. The normalized spacial score (nSPS) is 10.6. The molecule has 0 unspecified atom stereocenters. The molecule has 1 aromatic heterocycles. The van der Waals surface area contributed by atoms with Crippen molar-refractivity contribution in [1.82, 2.24) is 20.2 Å². The van der Waals surface area contributed by atoms with Crippen molar-refractivity contribution >= 4 is 29.3 Å². The Morgan fingerprint density at radius 1 is 1.55 bits per heavy atom. The molecule has 0 radical (unpaired) electrons. The molecular formula is C11H10ClFN4O2S. The molecule has 0 aliphatic rings. The fraction of sp³-hybridized carbons (Fsp3) is 0.273. The summed E-state index contributed by atoms with van der Waals surface area (Å²) in [4.78, 5) is 11.2. The number of aromatic nitrogens is 4. The lowest BCUT2D eigenvalue weighted by Gasteiger charge is -2.04. The minimum absolute atomic E-state index is 0.0686. The number of methoxy groups -OCH3 is 1. The highest BCUT2D eigenvalue weighted by Gasteiger charge is 2.11. The molecule has 9 heteroatoms. The maximum atomic E-state index is 13.3. The molecule has 0 saturated carbocycles. The zero-order valence-electron chi connectivity index (χ0n) is 10.4. The van der Waals surface area contributed by atoms with Crippen LogP contribution in [-0.4, -0.2) is 33.3 Å². The third-order valence-corrected chi connectivity index (χ3v) is 3.69. The van der Waals surface area contributed by atoms with Gasteiger partial charge in [-0.2, -0.15) is 0 Å². The van der Waals surface area contributed by atoms with Gasteiger partial charge in [0, 0.05) is 5.75 Å². The molecule has 0 N–H and O–H groups in total. The molecule has 2 aromatic rings. The number of tetrazole rings is 1. The summed E-state index contributed by atoms with van der Waals surface area (Å²) in [5.74, 6) is -0.467. The van der Waals surface area contributed by atoms with Crippen LogP contribution < -0.4 is 0 Å². The predicted molar refractivity (Wildman–Crippen MR) is 70.8 cm³/mol. The zero-order chi connectivity index (χ0) is 14.5. The minimum atomic E-state index is -0.473. The average Bonchev–Trinajstić information content (AvgIpc) is 2.87. The van der Waals surface area contributed by atoms with Gasteiger partial charge in [0.2, 0.25) is 5.16 Å². The molecule has 0 amide bonds. The average molecular weight is 317 g/mol. The Balaban J connectivity index is 2.02. The molecule has 1 aromatic carbocycles. The van der Waals surface area contributed by atoms with Crippen LogP contribution in [0.5, 0.6) is 0 Å². The Hall–Kier alpha value is -1.67. The summed E-state index contributed by atoms with van der Waals surface area (Å²) in [5, 5.41) is 11.5. The lowest BCUT2D eigenvalue weighted by Crippen LogP contribution is -2.13. The molecule has 0 aliphatic heterocycles. The highest BCUT2D eigenvalue weighted by molar-refractivity contribution is 7.98. The van der Waals surface area contributed by atoms with Gasteiger partial charge in [-0.15, -0.1) is 5.10 Å². The first-order valence-corrected chi connectivity index (χ1v) is 6.86. The molecule has 6 nitrogen and oxygen atoms in total. The van der Waals surface area contributed by atoms with E-state index in [9.17, 15) is 9.18 Å². The van der Waals surface area contributed by atoms with Crippen LogP contribution in [0.2, 0.25) is 5.02 Å². The van der Waals surface area contributed by atoms with Crippen LogP contribution in [0, 0.1) is 5.82 Å². The lowest BCUT2D eigenvalue weighted by molar-refractivity contribution is -0.141. The van der Waals surface area contributed by atoms with Crippen molar-refractivity contribution in [3.63, 3.8) is 0 Å². The quantitative estimate of drug-likeness (QED) is 0.620. The molecule has 20 heavy (non-hydrogen) atoms. The number of halogens is 2. The molecule has 0 fully saturated rings. The van der Waals surface area contributed by atoms with Crippen molar-refractivity contribution in [2.45, 2.75) is 17.5 Å². The second-order valence-corrected chi connectivity index (χ2v) is 5.08. The molecular weight excluding hydrogens is 307 g/mol. The first kappa shape index (κ1) is 14.7. The second-order valence-electron chi connectivity index (χ2n) is 3.73. The number of nitrogens with zero attached hydrogens (tertiary/aromatic N) is 4. The first-order valence-electron chi connectivity index (χ1n) is 5.50. The summed E-state index contributed by atoms with van der Waals surface area (Å²) in [7, 11) is 1.29. The Bertz CT molecular complexity index is 622. The van der Waals surface area contributed by atoms with Gasteiger partial charge >= 0.3 is 5.97 Å². The van der Waals surface area contributed by atoms with Gasteiger partial charge in [0.1, 0.15) is 12.4 Å². The van der Waals surface area contributed by atoms with Gasteiger partial charge in [-0.3, -0.25) is 4.79 Å². The number of hydrogen-bond acceptors (Lipinski definition) is 6. The second kappa shape index (κ2) is 6.67. The number of carbonyl (C=O) groups excluding carboxylic acids is 1. The standard InChI is InChI=1S/C11H10ClFN4O2S/c1-19-10(18)5-17-11(14-15-16-17)20-6-7-2-3-8(12)9(13)4-7/h2-4H,5-6H2,1H3. The number of ether oxygens (including phenoxy) is 1. The fourth-order valence-electron chi connectivity index (χ4n) is 1.36. The number of thioether (sulfide) groups is 1. The molecule has 106 valence electrons. The minimum Gasteiger partial charge on any atom is -0.468 e. The van der Waals surface area contributed by atoms with E-state index < -0.39 is 11.8 Å². The van der Waals surface area contributed by atoms with Gasteiger partial charge in [-0.05, 0) is 28.1 Å². The SMILES string of the molecule is COC(=O)Cn1nnnc1SCc1ccc(Cl)c(F)c1.